The number of nitrogens with zero attached hydrogens (tertiary/aromatic N) is 2. The van der Waals surface area contributed by atoms with Crippen molar-refractivity contribution in [1.29, 1.82) is 0 Å². The van der Waals surface area contributed by atoms with E-state index < -0.39 is 0 Å². The fraction of sp³-hybridized carbons (Fsp3) is 0. The van der Waals surface area contributed by atoms with Crippen LogP contribution in [0, 0.1) is 0 Å². The smallest absolute Gasteiger partial charge is 0.173 e. The Labute approximate surface area is 112 Å². The highest BCUT2D eigenvalue weighted by atomic mass is 79.9. The van der Waals surface area contributed by atoms with E-state index in [2.05, 4.69) is 26.1 Å². The molecule has 1 aromatic heterocycles. The lowest BCUT2D eigenvalue weighted by Crippen LogP contribution is -2.14. The summed E-state index contributed by atoms with van der Waals surface area (Å²) in [5.74, 6) is 1.03. The summed E-state index contributed by atoms with van der Waals surface area (Å²) >= 11 is 3.35. The molecule has 0 atom stereocenters. The molecule has 0 amide bonds. The highest BCUT2D eigenvalue weighted by Crippen LogP contribution is 2.26. The first-order valence-corrected chi connectivity index (χ1v) is 5.85. The molecule has 3 N–H and O–H groups in total. The van der Waals surface area contributed by atoms with E-state index in [-0.39, 0.29) is 5.84 Å². The van der Waals surface area contributed by atoms with Gasteiger partial charge in [-0.25, -0.2) is 0 Å². The Kier molecular flexibility index (Phi) is 3.78. The minimum atomic E-state index is -0.0256. The molecule has 0 unspecified atom stereocenters. The van der Waals surface area contributed by atoms with Crippen LogP contribution < -0.4 is 10.5 Å². The number of pyridine rings is 1. The van der Waals surface area contributed by atoms with Gasteiger partial charge < -0.3 is 15.7 Å². The van der Waals surface area contributed by atoms with E-state index in [1.807, 2.05) is 18.2 Å². The number of oxime groups is 1. The van der Waals surface area contributed by atoms with E-state index in [1.54, 1.807) is 18.3 Å². The topological polar surface area (TPSA) is 80.7 Å². The predicted molar refractivity (Wildman–Crippen MR) is 71.0 cm³/mol. The zero-order chi connectivity index (χ0) is 13.0. The van der Waals surface area contributed by atoms with Crippen molar-refractivity contribution in [2.45, 2.75) is 0 Å². The van der Waals surface area contributed by atoms with Gasteiger partial charge in [0.1, 0.15) is 5.75 Å². The Hall–Kier alpha value is -2.08. The van der Waals surface area contributed by atoms with Crippen molar-refractivity contribution >= 4 is 21.8 Å². The molecule has 6 heteroatoms. The van der Waals surface area contributed by atoms with Gasteiger partial charge in [-0.15, -0.1) is 0 Å². The molecule has 0 radical (unpaired) electrons. The lowest BCUT2D eigenvalue weighted by Gasteiger charge is -2.09. The van der Waals surface area contributed by atoms with Gasteiger partial charge in [-0.2, -0.15) is 0 Å². The quantitative estimate of drug-likeness (QED) is 0.395. The van der Waals surface area contributed by atoms with Crippen molar-refractivity contribution in [3.8, 4) is 11.5 Å². The highest BCUT2D eigenvalue weighted by Gasteiger charge is 2.09. The van der Waals surface area contributed by atoms with Crippen LogP contribution in [0.5, 0.6) is 11.5 Å². The van der Waals surface area contributed by atoms with Crippen LogP contribution in [-0.2, 0) is 0 Å². The van der Waals surface area contributed by atoms with Crippen molar-refractivity contribution in [2.75, 3.05) is 0 Å². The van der Waals surface area contributed by atoms with Gasteiger partial charge in [0.15, 0.2) is 11.6 Å². The molecule has 1 aromatic carbocycles. The molecule has 0 saturated carbocycles. The summed E-state index contributed by atoms with van der Waals surface area (Å²) in [5, 5.41) is 11.7. The average molecular weight is 308 g/mol. The van der Waals surface area contributed by atoms with E-state index in [0.717, 1.165) is 4.47 Å². The molecule has 0 spiro atoms. The first kappa shape index (κ1) is 12.4. The molecule has 92 valence electrons. The Morgan fingerprint density at radius 2 is 2.22 bits per heavy atom. The summed E-state index contributed by atoms with van der Waals surface area (Å²) in [6.07, 6.45) is 3.05. The van der Waals surface area contributed by atoms with Crippen LogP contribution in [0.1, 0.15) is 5.56 Å². The maximum Gasteiger partial charge on any atom is 0.173 e. The van der Waals surface area contributed by atoms with Gasteiger partial charge in [0.2, 0.25) is 0 Å². The third-order valence-electron chi connectivity index (χ3n) is 2.19. The van der Waals surface area contributed by atoms with Crippen LogP contribution >= 0.6 is 15.9 Å². The molecule has 2 aromatic rings. The van der Waals surface area contributed by atoms with E-state index in [9.17, 15) is 0 Å². The van der Waals surface area contributed by atoms with E-state index in [0.29, 0.717) is 17.1 Å². The van der Waals surface area contributed by atoms with Crippen molar-refractivity contribution in [2.24, 2.45) is 10.9 Å². The van der Waals surface area contributed by atoms with Gasteiger partial charge >= 0.3 is 0 Å². The molecule has 5 nitrogen and oxygen atoms in total. The summed E-state index contributed by atoms with van der Waals surface area (Å²) in [6.45, 7) is 0. The third kappa shape index (κ3) is 2.78. The fourth-order valence-corrected chi connectivity index (χ4v) is 1.76. The second-order valence-electron chi connectivity index (χ2n) is 3.42. The molecule has 2 rings (SSSR count). The van der Waals surface area contributed by atoms with Crippen molar-refractivity contribution in [3.63, 3.8) is 0 Å². The van der Waals surface area contributed by atoms with Crippen molar-refractivity contribution in [3.05, 3.63) is 52.8 Å². The Bertz CT molecular complexity index is 587. The molecule has 1 heterocycles. The maximum absolute atomic E-state index is 8.70. The minimum Gasteiger partial charge on any atom is -0.455 e. The summed E-state index contributed by atoms with van der Waals surface area (Å²) < 4.78 is 6.55. The summed E-state index contributed by atoms with van der Waals surface area (Å²) in [7, 11) is 0. The van der Waals surface area contributed by atoms with Crippen LogP contribution in [0.4, 0.5) is 0 Å². The molecular formula is C12H10BrN3O2. The van der Waals surface area contributed by atoms with E-state index >= 15 is 0 Å². The van der Waals surface area contributed by atoms with Crippen molar-refractivity contribution < 1.29 is 9.94 Å². The second-order valence-corrected chi connectivity index (χ2v) is 4.33. The van der Waals surface area contributed by atoms with Gasteiger partial charge in [-0.05, 0) is 24.3 Å². The zero-order valence-corrected chi connectivity index (χ0v) is 10.8. The Balaban J connectivity index is 2.35. The molecule has 0 fully saturated rings. The number of nitrogens with two attached hydrogens (primary N) is 1. The van der Waals surface area contributed by atoms with Crippen LogP contribution in [-0.4, -0.2) is 16.0 Å². The number of aromatic nitrogens is 1. The molecule has 0 aliphatic carbocycles. The standard InChI is InChI=1S/C12H10BrN3O2/c13-8-2-1-3-9(6-8)18-11-7-15-5-4-10(11)12(14)16-17/h1-7,17H,(H2,14,16). The van der Waals surface area contributed by atoms with Crippen LogP contribution in [0.25, 0.3) is 0 Å². The molecular weight excluding hydrogens is 298 g/mol. The minimum absolute atomic E-state index is 0.0256. The van der Waals surface area contributed by atoms with Gasteiger partial charge in [0, 0.05) is 10.7 Å². The summed E-state index contributed by atoms with van der Waals surface area (Å²) in [5.41, 5.74) is 6.04. The van der Waals surface area contributed by atoms with Gasteiger partial charge in [-0.3, -0.25) is 4.98 Å². The number of amidine groups is 1. The number of ether oxygens (including phenoxy) is 1. The largest absolute Gasteiger partial charge is 0.455 e. The molecule has 18 heavy (non-hydrogen) atoms. The van der Waals surface area contributed by atoms with Crippen LogP contribution in [0.2, 0.25) is 0 Å². The normalized spacial score (nSPS) is 11.3. The number of halogens is 1. The number of hydrogen-bond donors (Lipinski definition) is 2. The second kappa shape index (κ2) is 5.50. The zero-order valence-electron chi connectivity index (χ0n) is 9.25. The molecule has 0 saturated heterocycles. The van der Waals surface area contributed by atoms with Gasteiger partial charge in [0.25, 0.3) is 0 Å². The van der Waals surface area contributed by atoms with Crippen LogP contribution in [0.15, 0.2) is 52.4 Å². The summed E-state index contributed by atoms with van der Waals surface area (Å²) in [4.78, 5) is 3.95. The molecule has 0 bridgehead atoms. The third-order valence-corrected chi connectivity index (χ3v) is 2.69. The van der Waals surface area contributed by atoms with Crippen molar-refractivity contribution in [1.82, 2.24) is 4.98 Å². The van der Waals surface area contributed by atoms with Gasteiger partial charge in [0.05, 0.1) is 11.8 Å². The van der Waals surface area contributed by atoms with Crippen LogP contribution in [0.3, 0.4) is 0 Å². The first-order chi connectivity index (χ1) is 8.70. The Morgan fingerprint density at radius 1 is 1.39 bits per heavy atom. The lowest BCUT2D eigenvalue weighted by molar-refractivity contribution is 0.318. The molecule has 0 aliphatic heterocycles. The number of hydrogen-bond acceptors (Lipinski definition) is 4. The number of rotatable bonds is 3. The first-order valence-electron chi connectivity index (χ1n) is 5.06. The average Bonchev–Trinajstić information content (AvgIpc) is 2.38. The fourth-order valence-electron chi connectivity index (χ4n) is 1.38. The number of benzene rings is 1. The highest BCUT2D eigenvalue weighted by molar-refractivity contribution is 9.10. The lowest BCUT2D eigenvalue weighted by atomic mass is 10.2. The van der Waals surface area contributed by atoms with E-state index in [4.69, 9.17) is 15.7 Å². The van der Waals surface area contributed by atoms with E-state index in [1.165, 1.54) is 6.20 Å². The monoisotopic (exact) mass is 307 g/mol. The Morgan fingerprint density at radius 3 is 2.94 bits per heavy atom. The predicted octanol–water partition coefficient (Wildman–Crippen LogP) is 2.73. The maximum atomic E-state index is 8.70. The molecule has 0 aliphatic rings. The SMILES string of the molecule is N/C(=N/O)c1ccncc1Oc1cccc(Br)c1. The summed E-state index contributed by atoms with van der Waals surface area (Å²) in [6, 6.07) is 8.96. The van der Waals surface area contributed by atoms with Gasteiger partial charge in [-0.1, -0.05) is 27.2 Å².